The van der Waals surface area contributed by atoms with Gasteiger partial charge in [-0.1, -0.05) is 132 Å². The van der Waals surface area contributed by atoms with E-state index in [0.717, 1.165) is 19.3 Å². The first-order valence-corrected chi connectivity index (χ1v) is 14.9. The van der Waals surface area contributed by atoms with Gasteiger partial charge in [0, 0.05) is 5.41 Å². The Morgan fingerprint density at radius 2 is 1.44 bits per heavy atom. The van der Waals surface area contributed by atoms with Crippen LogP contribution in [0.2, 0.25) is 0 Å². The largest absolute Gasteiger partial charge is 0.103 e. The van der Waals surface area contributed by atoms with Gasteiger partial charge in [0.05, 0.1) is 0 Å². The molecule has 0 aliphatic heterocycles. The molecule has 0 spiro atoms. The van der Waals surface area contributed by atoms with Gasteiger partial charge in [0.1, 0.15) is 0 Å². The molecule has 0 heteroatoms. The molecule has 4 aromatic rings. The maximum absolute atomic E-state index is 3.98. The molecule has 1 aliphatic rings. The van der Waals surface area contributed by atoms with Crippen LogP contribution in [-0.2, 0) is 10.8 Å². The van der Waals surface area contributed by atoms with Crippen LogP contribution in [0.1, 0.15) is 100 Å². The van der Waals surface area contributed by atoms with Crippen LogP contribution in [0.5, 0.6) is 0 Å². The Hall–Kier alpha value is -3.38. The molecule has 0 aromatic heterocycles. The third-order valence-electron chi connectivity index (χ3n) is 9.04. The first kappa shape index (κ1) is 27.2. The zero-order valence-electron chi connectivity index (χ0n) is 24.6. The Balaban J connectivity index is 1.68. The molecule has 0 N–H and O–H groups in total. The molecule has 0 amide bonds. The molecule has 0 fully saturated rings. The molecule has 200 valence electrons. The van der Waals surface area contributed by atoms with E-state index in [1.807, 2.05) is 0 Å². The summed E-state index contributed by atoms with van der Waals surface area (Å²) in [5, 5.41) is 0. The van der Waals surface area contributed by atoms with E-state index >= 15 is 0 Å². The van der Waals surface area contributed by atoms with Crippen LogP contribution in [0.15, 0.2) is 104 Å². The number of hydrogen-bond acceptors (Lipinski definition) is 0. The zero-order valence-corrected chi connectivity index (χ0v) is 24.6. The van der Waals surface area contributed by atoms with E-state index in [9.17, 15) is 0 Å². The minimum Gasteiger partial charge on any atom is -0.103 e. The predicted octanol–water partition coefficient (Wildman–Crippen LogP) is 11.2. The number of allylic oxidation sites excluding steroid dienone is 1. The van der Waals surface area contributed by atoms with E-state index in [-0.39, 0.29) is 10.8 Å². The van der Waals surface area contributed by atoms with Crippen LogP contribution in [0.3, 0.4) is 0 Å². The zero-order chi connectivity index (χ0) is 27.6. The second kappa shape index (κ2) is 11.0. The Bertz CT molecular complexity index is 1430. The van der Waals surface area contributed by atoms with Crippen LogP contribution in [0, 0.1) is 0 Å². The second-order valence-corrected chi connectivity index (χ2v) is 12.5. The molecule has 2 unspecified atom stereocenters. The van der Waals surface area contributed by atoms with Gasteiger partial charge in [-0.25, -0.2) is 0 Å². The third kappa shape index (κ3) is 5.03. The molecule has 0 heterocycles. The lowest BCUT2D eigenvalue weighted by Gasteiger charge is -2.34. The van der Waals surface area contributed by atoms with E-state index in [0.29, 0.717) is 5.92 Å². The molecule has 0 saturated heterocycles. The van der Waals surface area contributed by atoms with Crippen LogP contribution >= 0.6 is 0 Å². The van der Waals surface area contributed by atoms with Gasteiger partial charge in [0.15, 0.2) is 0 Å². The van der Waals surface area contributed by atoms with E-state index in [1.54, 1.807) is 0 Å². The first-order valence-electron chi connectivity index (χ1n) is 14.9. The summed E-state index contributed by atoms with van der Waals surface area (Å²) in [6, 6.07) is 35.1. The maximum Gasteiger partial charge on any atom is 0.0463 e. The molecule has 5 rings (SSSR count). The van der Waals surface area contributed by atoms with Gasteiger partial charge in [0.25, 0.3) is 0 Å². The second-order valence-electron chi connectivity index (χ2n) is 12.5. The molecule has 0 saturated carbocycles. The molecule has 0 radical (unpaired) electrons. The molecular formula is C39H44. The third-order valence-corrected chi connectivity index (χ3v) is 9.04. The van der Waals surface area contributed by atoms with Crippen molar-refractivity contribution in [2.45, 2.75) is 83.5 Å². The molecule has 1 aliphatic carbocycles. The summed E-state index contributed by atoms with van der Waals surface area (Å²) in [6.07, 6.45) is 7.71. The number of fused-ring (bicyclic) bond motifs is 3. The van der Waals surface area contributed by atoms with Crippen LogP contribution < -0.4 is 0 Å². The summed E-state index contributed by atoms with van der Waals surface area (Å²) in [5.41, 5.74) is 12.5. The van der Waals surface area contributed by atoms with Crippen molar-refractivity contribution in [3.8, 4) is 22.3 Å². The van der Waals surface area contributed by atoms with E-state index < -0.39 is 0 Å². The SMILES string of the molecule is C=CCCCCC1(c2ccc(C(C)(C)C)cc2)c2ccccc2-c2ccc(-c3ccc(C(C)CC)cc3)cc21. The van der Waals surface area contributed by atoms with E-state index in [2.05, 4.69) is 138 Å². The van der Waals surface area contributed by atoms with Crippen LogP contribution in [0.25, 0.3) is 22.3 Å². The topological polar surface area (TPSA) is 0 Å². The van der Waals surface area contributed by atoms with Gasteiger partial charge in [-0.05, 0) is 93.2 Å². The van der Waals surface area contributed by atoms with Gasteiger partial charge in [-0.15, -0.1) is 6.58 Å². The maximum atomic E-state index is 3.98. The summed E-state index contributed by atoms with van der Waals surface area (Å²) >= 11 is 0. The molecule has 2 atom stereocenters. The van der Waals surface area contributed by atoms with Crippen molar-refractivity contribution in [3.63, 3.8) is 0 Å². The molecular weight excluding hydrogens is 468 g/mol. The molecule has 39 heavy (non-hydrogen) atoms. The van der Waals surface area contributed by atoms with Gasteiger partial charge in [-0.2, -0.15) is 0 Å². The molecule has 0 bridgehead atoms. The Labute approximate surface area is 236 Å². The van der Waals surface area contributed by atoms with Crippen molar-refractivity contribution in [3.05, 3.63) is 131 Å². The van der Waals surface area contributed by atoms with Crippen LogP contribution in [-0.4, -0.2) is 0 Å². The smallest absolute Gasteiger partial charge is 0.0463 e. The summed E-state index contributed by atoms with van der Waals surface area (Å²) in [6.45, 7) is 15.4. The van der Waals surface area contributed by atoms with Crippen molar-refractivity contribution in [2.75, 3.05) is 0 Å². The van der Waals surface area contributed by atoms with E-state index in [1.165, 1.54) is 62.9 Å². The van der Waals surface area contributed by atoms with Crippen molar-refractivity contribution in [2.24, 2.45) is 0 Å². The standard InChI is InChI=1S/C39H44/c1-7-9-10-13-26-39(33-23-21-32(22-24-33)38(4,5)6)36-15-12-11-14-34(36)35-25-20-31(27-37(35)39)30-18-16-29(17-19-30)28(3)8-2/h7,11-12,14-25,27-28H,1,8-10,13,26H2,2-6H3. The highest BCUT2D eigenvalue weighted by atomic mass is 14.5. The average molecular weight is 513 g/mol. The number of unbranched alkanes of at least 4 members (excludes halogenated alkanes) is 2. The minimum atomic E-state index is -0.157. The first-order chi connectivity index (χ1) is 18.8. The highest BCUT2D eigenvalue weighted by molar-refractivity contribution is 5.86. The summed E-state index contributed by atoms with van der Waals surface area (Å²) in [4.78, 5) is 0. The molecule has 0 nitrogen and oxygen atoms in total. The highest BCUT2D eigenvalue weighted by Gasteiger charge is 2.44. The Kier molecular flexibility index (Phi) is 7.68. The van der Waals surface area contributed by atoms with Gasteiger partial charge < -0.3 is 0 Å². The van der Waals surface area contributed by atoms with Crippen molar-refractivity contribution >= 4 is 0 Å². The lowest BCUT2D eigenvalue weighted by Crippen LogP contribution is -2.27. The summed E-state index contributed by atoms with van der Waals surface area (Å²) in [7, 11) is 0. The summed E-state index contributed by atoms with van der Waals surface area (Å²) in [5.74, 6) is 0.591. The fourth-order valence-electron chi connectivity index (χ4n) is 6.45. The Morgan fingerprint density at radius 3 is 2.10 bits per heavy atom. The van der Waals surface area contributed by atoms with Gasteiger partial charge in [-0.3, -0.25) is 0 Å². The highest BCUT2D eigenvalue weighted by Crippen LogP contribution is 2.56. The Morgan fingerprint density at radius 1 is 0.769 bits per heavy atom. The minimum absolute atomic E-state index is 0.135. The predicted molar refractivity (Wildman–Crippen MR) is 170 cm³/mol. The van der Waals surface area contributed by atoms with Crippen molar-refractivity contribution in [1.29, 1.82) is 0 Å². The van der Waals surface area contributed by atoms with Crippen LogP contribution in [0.4, 0.5) is 0 Å². The normalized spacial score (nSPS) is 16.9. The van der Waals surface area contributed by atoms with Crippen molar-refractivity contribution in [1.82, 2.24) is 0 Å². The van der Waals surface area contributed by atoms with Gasteiger partial charge in [0.2, 0.25) is 0 Å². The monoisotopic (exact) mass is 512 g/mol. The average Bonchev–Trinajstić information content (AvgIpc) is 3.24. The van der Waals surface area contributed by atoms with Gasteiger partial charge >= 0.3 is 0 Å². The van der Waals surface area contributed by atoms with Crippen molar-refractivity contribution < 1.29 is 0 Å². The summed E-state index contributed by atoms with van der Waals surface area (Å²) < 4.78 is 0. The fraction of sp³-hybridized carbons (Fsp3) is 0.333. The fourth-order valence-corrected chi connectivity index (χ4v) is 6.45. The lowest BCUT2D eigenvalue weighted by molar-refractivity contribution is 0.528. The molecule has 4 aromatic carbocycles. The quantitative estimate of drug-likeness (QED) is 0.154. The number of benzene rings is 4. The lowest BCUT2D eigenvalue weighted by atomic mass is 9.68. The van der Waals surface area contributed by atoms with E-state index in [4.69, 9.17) is 0 Å². The number of rotatable bonds is 9. The number of hydrogen-bond donors (Lipinski definition) is 0.